The molecule has 0 aromatic carbocycles. The largest absolute Gasteiger partial charge is 0.292 e. The van der Waals surface area contributed by atoms with Crippen molar-refractivity contribution in [2.75, 3.05) is 0 Å². The Hall–Kier alpha value is -2.54. The number of hydrogen-bond donors (Lipinski definition) is 0. The second-order valence-corrected chi connectivity index (χ2v) is 3.45. The van der Waals surface area contributed by atoms with Gasteiger partial charge < -0.3 is 0 Å². The zero-order valence-corrected chi connectivity index (χ0v) is 8.95. The lowest BCUT2D eigenvalue weighted by atomic mass is 9.93. The molecule has 0 aliphatic heterocycles. The van der Waals surface area contributed by atoms with Crippen LogP contribution in [0.4, 0.5) is 0 Å². The van der Waals surface area contributed by atoms with Crippen LogP contribution in [0.25, 0.3) is 0 Å². The molecule has 2 rings (SSSR count). The number of nitrogens with zero attached hydrogens (tertiary/aromatic N) is 3. The summed E-state index contributed by atoms with van der Waals surface area (Å²) >= 11 is 0. The Kier molecular flexibility index (Phi) is 3.22. The van der Waals surface area contributed by atoms with Gasteiger partial charge in [0, 0.05) is 30.4 Å². The van der Waals surface area contributed by atoms with Crippen molar-refractivity contribution < 1.29 is 4.79 Å². The summed E-state index contributed by atoms with van der Waals surface area (Å²) in [4.78, 5) is 19.8. The third-order valence-corrected chi connectivity index (χ3v) is 2.38. The number of nitriles is 1. The highest BCUT2D eigenvalue weighted by Crippen LogP contribution is 2.19. The summed E-state index contributed by atoms with van der Waals surface area (Å²) in [7, 11) is 0. The molecule has 0 saturated carbocycles. The highest BCUT2D eigenvalue weighted by Gasteiger charge is 2.21. The number of aromatic nitrogens is 2. The molecule has 1 atom stereocenters. The molecular weight excluding hydrogens is 214 g/mol. The molecule has 17 heavy (non-hydrogen) atoms. The smallest absolute Gasteiger partial charge is 0.185 e. The third kappa shape index (κ3) is 2.34. The number of rotatable bonds is 3. The van der Waals surface area contributed by atoms with Crippen molar-refractivity contribution in [2.24, 2.45) is 0 Å². The molecule has 4 heteroatoms. The van der Waals surface area contributed by atoms with Crippen LogP contribution in [0, 0.1) is 11.3 Å². The molecule has 0 amide bonds. The molecule has 0 fully saturated rings. The lowest BCUT2D eigenvalue weighted by Crippen LogP contribution is -2.11. The molecule has 0 bridgehead atoms. The maximum Gasteiger partial charge on any atom is 0.185 e. The molecule has 2 aromatic rings. The molecule has 0 spiro atoms. The van der Waals surface area contributed by atoms with Crippen LogP contribution in [0.3, 0.4) is 0 Å². The maximum atomic E-state index is 12.1. The van der Waals surface area contributed by atoms with Crippen molar-refractivity contribution in [1.82, 2.24) is 9.97 Å². The molecule has 2 heterocycles. The fourth-order valence-electron chi connectivity index (χ4n) is 1.52. The zero-order valence-electron chi connectivity index (χ0n) is 8.95. The van der Waals surface area contributed by atoms with Crippen LogP contribution in [0.2, 0.25) is 0 Å². The molecule has 0 N–H and O–H groups in total. The minimum atomic E-state index is -0.804. The Morgan fingerprint density at radius 2 is 1.94 bits per heavy atom. The SMILES string of the molecule is N#CC(C(=O)c1cccnc1)c1ccncc1. The average Bonchev–Trinajstić information content (AvgIpc) is 2.42. The zero-order chi connectivity index (χ0) is 12.1. The minimum Gasteiger partial charge on any atom is -0.292 e. The van der Waals surface area contributed by atoms with Gasteiger partial charge in [0.2, 0.25) is 0 Å². The van der Waals surface area contributed by atoms with E-state index < -0.39 is 5.92 Å². The number of pyridine rings is 2. The summed E-state index contributed by atoms with van der Waals surface area (Å²) in [5.74, 6) is -1.05. The summed E-state index contributed by atoms with van der Waals surface area (Å²) in [5, 5.41) is 9.10. The van der Waals surface area contributed by atoms with Crippen LogP contribution < -0.4 is 0 Å². The number of hydrogen-bond acceptors (Lipinski definition) is 4. The molecule has 0 radical (unpaired) electrons. The Morgan fingerprint density at radius 1 is 1.18 bits per heavy atom. The lowest BCUT2D eigenvalue weighted by molar-refractivity contribution is 0.0978. The van der Waals surface area contributed by atoms with Crippen LogP contribution in [0.1, 0.15) is 21.8 Å². The van der Waals surface area contributed by atoms with E-state index in [9.17, 15) is 4.79 Å². The predicted octanol–water partition coefficient (Wildman–Crippen LogP) is 1.97. The van der Waals surface area contributed by atoms with Crippen molar-refractivity contribution in [3.05, 3.63) is 60.2 Å². The van der Waals surface area contributed by atoms with Gasteiger partial charge in [-0.3, -0.25) is 14.8 Å². The Balaban J connectivity index is 2.33. The topological polar surface area (TPSA) is 66.6 Å². The normalized spacial score (nSPS) is 11.5. The van der Waals surface area contributed by atoms with E-state index in [-0.39, 0.29) is 5.78 Å². The number of carbonyl (C=O) groups is 1. The van der Waals surface area contributed by atoms with Crippen molar-refractivity contribution >= 4 is 5.78 Å². The second kappa shape index (κ2) is 4.99. The Labute approximate surface area is 98.6 Å². The van der Waals surface area contributed by atoms with Gasteiger partial charge in [0.15, 0.2) is 5.78 Å². The van der Waals surface area contributed by atoms with Gasteiger partial charge in [-0.2, -0.15) is 5.26 Å². The Morgan fingerprint density at radius 3 is 2.53 bits per heavy atom. The van der Waals surface area contributed by atoms with Crippen molar-refractivity contribution in [3.8, 4) is 6.07 Å². The van der Waals surface area contributed by atoms with Gasteiger partial charge in [-0.25, -0.2) is 0 Å². The first-order valence-electron chi connectivity index (χ1n) is 5.06. The van der Waals surface area contributed by atoms with E-state index in [1.807, 2.05) is 6.07 Å². The second-order valence-electron chi connectivity index (χ2n) is 3.45. The van der Waals surface area contributed by atoms with Crippen LogP contribution >= 0.6 is 0 Å². The van der Waals surface area contributed by atoms with Crippen molar-refractivity contribution in [3.63, 3.8) is 0 Å². The van der Waals surface area contributed by atoms with E-state index in [2.05, 4.69) is 9.97 Å². The van der Waals surface area contributed by atoms with E-state index in [0.29, 0.717) is 11.1 Å². The quantitative estimate of drug-likeness (QED) is 0.746. The predicted molar refractivity (Wildman–Crippen MR) is 61.2 cm³/mol. The molecule has 4 nitrogen and oxygen atoms in total. The maximum absolute atomic E-state index is 12.1. The molecule has 0 saturated heterocycles. The van der Waals surface area contributed by atoms with Crippen molar-refractivity contribution in [1.29, 1.82) is 5.26 Å². The highest BCUT2D eigenvalue weighted by molar-refractivity contribution is 6.02. The van der Waals surface area contributed by atoms with Gasteiger partial charge in [-0.05, 0) is 29.8 Å². The Bertz CT molecular complexity index is 546. The summed E-state index contributed by atoms with van der Waals surface area (Å²) in [6.07, 6.45) is 6.19. The number of Topliss-reactive ketones (excluding diaryl/α,β-unsaturated/α-hetero) is 1. The van der Waals surface area contributed by atoms with Gasteiger partial charge in [0.25, 0.3) is 0 Å². The fraction of sp³-hybridized carbons (Fsp3) is 0.0769. The van der Waals surface area contributed by atoms with Crippen LogP contribution in [0.5, 0.6) is 0 Å². The molecular formula is C13H9N3O. The van der Waals surface area contributed by atoms with Crippen LogP contribution in [0.15, 0.2) is 49.1 Å². The first-order valence-corrected chi connectivity index (χ1v) is 5.06. The van der Waals surface area contributed by atoms with Crippen LogP contribution in [-0.2, 0) is 0 Å². The molecule has 82 valence electrons. The minimum absolute atomic E-state index is 0.244. The van der Waals surface area contributed by atoms with E-state index in [4.69, 9.17) is 5.26 Å². The standard InChI is InChI=1S/C13H9N3O/c14-8-12(10-3-6-15-7-4-10)13(17)11-2-1-5-16-9-11/h1-7,9,12H. The third-order valence-electron chi connectivity index (χ3n) is 2.38. The number of ketones is 1. The highest BCUT2D eigenvalue weighted by atomic mass is 16.1. The monoisotopic (exact) mass is 223 g/mol. The van der Waals surface area contributed by atoms with Crippen LogP contribution in [-0.4, -0.2) is 15.8 Å². The molecule has 0 aliphatic rings. The first-order chi connectivity index (χ1) is 8.33. The van der Waals surface area contributed by atoms with Gasteiger partial charge in [-0.1, -0.05) is 0 Å². The molecule has 1 unspecified atom stereocenters. The molecule has 0 aliphatic carbocycles. The van der Waals surface area contributed by atoms with Gasteiger partial charge in [0.1, 0.15) is 5.92 Å². The summed E-state index contributed by atoms with van der Waals surface area (Å²) in [6, 6.07) is 8.68. The van der Waals surface area contributed by atoms with E-state index >= 15 is 0 Å². The number of carbonyl (C=O) groups excluding carboxylic acids is 1. The van der Waals surface area contributed by atoms with Crippen molar-refractivity contribution in [2.45, 2.75) is 5.92 Å². The van der Waals surface area contributed by atoms with Gasteiger partial charge in [0.05, 0.1) is 6.07 Å². The van der Waals surface area contributed by atoms with E-state index in [0.717, 1.165) is 0 Å². The summed E-state index contributed by atoms with van der Waals surface area (Å²) in [5.41, 5.74) is 1.09. The van der Waals surface area contributed by atoms with E-state index in [1.54, 1.807) is 42.9 Å². The van der Waals surface area contributed by atoms with Gasteiger partial charge in [-0.15, -0.1) is 0 Å². The average molecular weight is 223 g/mol. The van der Waals surface area contributed by atoms with Gasteiger partial charge >= 0.3 is 0 Å². The summed E-state index contributed by atoms with van der Waals surface area (Å²) in [6.45, 7) is 0. The summed E-state index contributed by atoms with van der Waals surface area (Å²) < 4.78 is 0. The first kappa shape index (κ1) is 11.0. The fourth-order valence-corrected chi connectivity index (χ4v) is 1.52. The lowest BCUT2D eigenvalue weighted by Gasteiger charge is -2.07. The molecule has 2 aromatic heterocycles. The van der Waals surface area contributed by atoms with E-state index in [1.165, 1.54) is 6.20 Å².